The van der Waals surface area contributed by atoms with Crippen LogP contribution in [0.4, 0.5) is 0 Å². The number of nitrogens with one attached hydrogen (secondary N) is 1. The maximum Gasteiger partial charge on any atom is 0.163 e. The number of carbonyl (C=O) groups excluding carboxylic acids is 1. The predicted octanol–water partition coefficient (Wildman–Crippen LogP) is 5.08. The minimum absolute atomic E-state index is 0.209. The number of H-pyrrole nitrogens is 1. The summed E-state index contributed by atoms with van der Waals surface area (Å²) in [6.45, 7) is 3.90. The number of carbonyl (C=O) groups is 1. The van der Waals surface area contributed by atoms with Gasteiger partial charge in [-0.15, -0.1) is 17.9 Å². The Morgan fingerprint density at radius 2 is 2.26 bits per heavy atom. The Kier molecular flexibility index (Phi) is 5.21. The second-order valence-electron chi connectivity index (χ2n) is 6.70. The lowest BCUT2D eigenvalue weighted by Crippen LogP contribution is -2.17. The molecule has 5 heteroatoms. The fourth-order valence-electron chi connectivity index (χ4n) is 3.67. The Morgan fingerprint density at radius 3 is 3.00 bits per heavy atom. The molecule has 0 amide bonds. The third-order valence-electron chi connectivity index (χ3n) is 4.93. The molecule has 1 N–H and O–H groups in total. The van der Waals surface area contributed by atoms with E-state index in [1.165, 1.54) is 4.88 Å². The van der Waals surface area contributed by atoms with Crippen molar-refractivity contribution >= 4 is 17.1 Å². The van der Waals surface area contributed by atoms with Crippen LogP contribution in [0.3, 0.4) is 0 Å². The predicted molar refractivity (Wildman–Crippen MR) is 108 cm³/mol. The van der Waals surface area contributed by atoms with Crippen molar-refractivity contribution in [2.75, 3.05) is 0 Å². The van der Waals surface area contributed by atoms with Crippen LogP contribution in [-0.4, -0.2) is 15.8 Å². The smallest absolute Gasteiger partial charge is 0.163 e. The van der Waals surface area contributed by atoms with Crippen molar-refractivity contribution in [3.8, 4) is 5.75 Å². The zero-order valence-corrected chi connectivity index (χ0v) is 15.9. The van der Waals surface area contributed by atoms with Crippen LogP contribution in [0.2, 0.25) is 0 Å². The molecule has 2 heterocycles. The molecule has 0 bridgehead atoms. The molecule has 0 spiro atoms. The van der Waals surface area contributed by atoms with Crippen molar-refractivity contribution in [1.82, 2.24) is 9.97 Å². The first-order chi connectivity index (χ1) is 13.3. The number of ether oxygens (including phenoxy) is 1. The highest BCUT2D eigenvalue weighted by atomic mass is 32.1. The van der Waals surface area contributed by atoms with Crippen molar-refractivity contribution in [3.63, 3.8) is 0 Å². The third kappa shape index (κ3) is 3.74. The molecule has 1 atom stereocenters. The number of allylic oxidation sites excluding steroid dienone is 1. The van der Waals surface area contributed by atoms with Crippen LogP contribution in [0, 0.1) is 0 Å². The summed E-state index contributed by atoms with van der Waals surface area (Å²) in [5.41, 5.74) is 3.05. The number of hydrogen-bond donors (Lipinski definition) is 1. The van der Waals surface area contributed by atoms with Crippen LogP contribution < -0.4 is 4.74 Å². The Morgan fingerprint density at radius 1 is 1.33 bits per heavy atom. The van der Waals surface area contributed by atoms with Gasteiger partial charge in [0.15, 0.2) is 11.9 Å². The molecule has 27 heavy (non-hydrogen) atoms. The first kappa shape index (κ1) is 17.7. The Bertz CT molecular complexity index is 930. The van der Waals surface area contributed by atoms with Gasteiger partial charge in [0.1, 0.15) is 11.6 Å². The number of ketones is 1. The number of fused-ring (bicyclic) bond motifs is 1. The fourth-order valence-corrected chi connectivity index (χ4v) is 4.41. The Hall–Kier alpha value is -2.66. The standard InChI is InChI=1S/C22H22N2O2S/c1-2-5-18-16-7-3-8-19(25)17(16)9-10-20(18)26-21(22-23-11-12-24-22)14-15-6-4-13-27-15/h2,4,6,9-13,21H,1,3,5,7-8,14H2,(H,23,24). The van der Waals surface area contributed by atoms with Crippen molar-refractivity contribution < 1.29 is 9.53 Å². The second-order valence-corrected chi connectivity index (χ2v) is 7.73. The van der Waals surface area contributed by atoms with E-state index in [2.05, 4.69) is 28.0 Å². The highest BCUT2D eigenvalue weighted by molar-refractivity contribution is 7.09. The van der Waals surface area contributed by atoms with E-state index in [0.717, 1.165) is 47.5 Å². The van der Waals surface area contributed by atoms with Crippen LogP contribution in [0.1, 0.15) is 51.1 Å². The van der Waals surface area contributed by atoms with E-state index in [4.69, 9.17) is 4.74 Å². The number of nitrogens with zero attached hydrogens (tertiary/aromatic N) is 1. The Balaban J connectivity index is 1.70. The fraction of sp³-hybridized carbons (Fsp3) is 0.273. The van der Waals surface area contributed by atoms with Crippen LogP contribution in [-0.2, 0) is 19.3 Å². The molecule has 0 saturated carbocycles. The monoisotopic (exact) mass is 378 g/mol. The average molecular weight is 378 g/mol. The van der Waals surface area contributed by atoms with E-state index in [1.54, 1.807) is 17.5 Å². The van der Waals surface area contributed by atoms with E-state index in [1.807, 2.05) is 30.5 Å². The summed E-state index contributed by atoms with van der Waals surface area (Å²) in [4.78, 5) is 21.1. The number of rotatable bonds is 7. The molecule has 1 aliphatic carbocycles. The van der Waals surface area contributed by atoms with E-state index >= 15 is 0 Å². The number of imidazole rings is 1. The van der Waals surface area contributed by atoms with Gasteiger partial charge >= 0.3 is 0 Å². The molecule has 0 radical (unpaired) electrons. The molecule has 4 rings (SSSR count). The van der Waals surface area contributed by atoms with Crippen LogP contribution in [0.15, 0.2) is 54.7 Å². The highest BCUT2D eigenvalue weighted by Gasteiger charge is 2.24. The molecule has 0 aliphatic heterocycles. The summed E-state index contributed by atoms with van der Waals surface area (Å²) in [5, 5.41) is 2.07. The van der Waals surface area contributed by atoms with E-state index in [-0.39, 0.29) is 11.9 Å². The summed E-state index contributed by atoms with van der Waals surface area (Å²) < 4.78 is 6.47. The van der Waals surface area contributed by atoms with Gasteiger partial charge in [-0.3, -0.25) is 4.79 Å². The minimum Gasteiger partial charge on any atom is -0.482 e. The molecular formula is C22H22N2O2S. The number of aromatic nitrogens is 2. The summed E-state index contributed by atoms with van der Waals surface area (Å²) >= 11 is 1.71. The number of hydrogen-bond acceptors (Lipinski definition) is 4. The van der Waals surface area contributed by atoms with Crippen molar-refractivity contribution in [1.29, 1.82) is 0 Å². The van der Waals surface area contributed by atoms with Gasteiger partial charge in [0.05, 0.1) is 0 Å². The van der Waals surface area contributed by atoms with Crippen molar-refractivity contribution in [2.24, 2.45) is 0 Å². The SMILES string of the molecule is C=CCc1c(OC(Cc2cccs2)c2ncc[nH]2)ccc2c1CCCC2=O. The zero-order valence-electron chi connectivity index (χ0n) is 15.1. The molecule has 138 valence electrons. The van der Waals surface area contributed by atoms with E-state index in [0.29, 0.717) is 12.8 Å². The first-order valence-corrected chi connectivity index (χ1v) is 10.1. The maximum absolute atomic E-state index is 12.3. The number of Topliss-reactive ketones (excluding diaryl/α,β-unsaturated/α-hetero) is 1. The maximum atomic E-state index is 12.3. The van der Waals surface area contributed by atoms with Gasteiger partial charge in [0.2, 0.25) is 0 Å². The largest absolute Gasteiger partial charge is 0.482 e. The minimum atomic E-state index is -0.209. The lowest BCUT2D eigenvalue weighted by molar-refractivity contribution is 0.0972. The van der Waals surface area contributed by atoms with Crippen LogP contribution >= 0.6 is 11.3 Å². The summed E-state index contributed by atoms with van der Waals surface area (Å²) in [6.07, 6.45) is 9.11. The van der Waals surface area contributed by atoms with Crippen LogP contribution in [0.5, 0.6) is 5.75 Å². The van der Waals surface area contributed by atoms with E-state index < -0.39 is 0 Å². The van der Waals surface area contributed by atoms with Gasteiger partial charge in [-0.25, -0.2) is 4.98 Å². The average Bonchev–Trinajstić information content (AvgIpc) is 3.37. The third-order valence-corrected chi connectivity index (χ3v) is 5.83. The van der Waals surface area contributed by atoms with Crippen LogP contribution in [0.25, 0.3) is 0 Å². The van der Waals surface area contributed by atoms with Gasteiger partial charge in [0, 0.05) is 41.2 Å². The van der Waals surface area contributed by atoms with E-state index in [9.17, 15) is 4.79 Å². The molecular weight excluding hydrogens is 356 g/mol. The van der Waals surface area contributed by atoms with Gasteiger partial charge in [-0.05, 0) is 48.4 Å². The summed E-state index contributed by atoms with van der Waals surface area (Å²) in [6, 6.07) is 8.02. The van der Waals surface area contributed by atoms with Crippen molar-refractivity contribution in [2.45, 2.75) is 38.2 Å². The topological polar surface area (TPSA) is 55.0 Å². The number of benzene rings is 1. The second kappa shape index (κ2) is 7.92. The van der Waals surface area contributed by atoms with Gasteiger partial charge < -0.3 is 9.72 Å². The highest BCUT2D eigenvalue weighted by Crippen LogP contribution is 2.35. The number of aromatic amines is 1. The first-order valence-electron chi connectivity index (χ1n) is 9.23. The quantitative estimate of drug-likeness (QED) is 0.583. The summed E-state index contributed by atoms with van der Waals surface area (Å²) in [5.74, 6) is 1.86. The normalized spacial score (nSPS) is 14.6. The molecule has 2 aromatic heterocycles. The van der Waals surface area contributed by atoms with Gasteiger partial charge in [-0.2, -0.15) is 0 Å². The molecule has 0 saturated heterocycles. The molecule has 1 aliphatic rings. The molecule has 0 fully saturated rings. The molecule has 4 nitrogen and oxygen atoms in total. The Labute approximate surface area is 162 Å². The lowest BCUT2D eigenvalue weighted by atomic mass is 9.86. The van der Waals surface area contributed by atoms with Gasteiger partial charge in [-0.1, -0.05) is 12.1 Å². The number of thiophene rings is 1. The summed E-state index contributed by atoms with van der Waals surface area (Å²) in [7, 11) is 0. The lowest BCUT2D eigenvalue weighted by Gasteiger charge is -2.24. The molecule has 1 aromatic carbocycles. The molecule has 1 unspecified atom stereocenters. The molecule has 3 aromatic rings. The van der Waals surface area contributed by atoms with Crippen molar-refractivity contribution in [3.05, 3.63) is 82.1 Å². The zero-order chi connectivity index (χ0) is 18.6. The van der Waals surface area contributed by atoms with Gasteiger partial charge in [0.25, 0.3) is 0 Å².